The van der Waals surface area contributed by atoms with Gasteiger partial charge in [0.25, 0.3) is 6.42 Å². The molecule has 17 heavy (non-hydrogen) atoms. The molecule has 1 atom stereocenters. The van der Waals surface area contributed by atoms with E-state index in [9.17, 15) is 4.39 Å². The minimum atomic E-state index is -1.35. The number of alkyl halides is 1. The van der Waals surface area contributed by atoms with Crippen LogP contribution in [-0.2, 0) is 0 Å². The molecule has 0 saturated carbocycles. The van der Waals surface area contributed by atoms with Gasteiger partial charge >= 0.3 is 0 Å². The Morgan fingerprint density at radius 2 is 1.65 bits per heavy atom. The Morgan fingerprint density at radius 1 is 0.941 bits per heavy atom. The lowest BCUT2D eigenvalue weighted by Gasteiger charge is -2.24. The third kappa shape index (κ3) is 1.80. The SMILES string of the molecule is F[C@H]1N=c2ccccc2=CN1c1ccccc1. The van der Waals surface area contributed by atoms with E-state index in [0.717, 1.165) is 10.9 Å². The van der Waals surface area contributed by atoms with Gasteiger partial charge in [0.05, 0.1) is 5.36 Å². The molecule has 0 aliphatic carbocycles. The molecule has 0 saturated heterocycles. The van der Waals surface area contributed by atoms with Gasteiger partial charge in [-0.3, -0.25) is 4.90 Å². The van der Waals surface area contributed by atoms with E-state index in [1.165, 1.54) is 4.90 Å². The Labute approximate surface area is 98.3 Å². The summed E-state index contributed by atoms with van der Waals surface area (Å²) in [7, 11) is 0. The maximum absolute atomic E-state index is 13.9. The average molecular weight is 226 g/mol. The highest BCUT2D eigenvalue weighted by atomic mass is 19.1. The minimum Gasteiger partial charge on any atom is -0.299 e. The lowest BCUT2D eigenvalue weighted by Crippen LogP contribution is -2.39. The largest absolute Gasteiger partial charge is 0.299 e. The molecular weight excluding hydrogens is 215 g/mol. The van der Waals surface area contributed by atoms with Crippen molar-refractivity contribution in [2.75, 3.05) is 4.90 Å². The van der Waals surface area contributed by atoms with Crippen LogP contribution in [0.25, 0.3) is 6.20 Å². The first-order valence-corrected chi connectivity index (χ1v) is 5.47. The van der Waals surface area contributed by atoms with E-state index in [2.05, 4.69) is 4.99 Å². The molecule has 0 aromatic heterocycles. The summed E-state index contributed by atoms with van der Waals surface area (Å²) in [6.07, 6.45) is 0.440. The van der Waals surface area contributed by atoms with Crippen LogP contribution in [0.5, 0.6) is 0 Å². The first-order valence-electron chi connectivity index (χ1n) is 5.47. The molecule has 0 fully saturated rings. The summed E-state index contributed by atoms with van der Waals surface area (Å²) in [5.41, 5.74) is 0.804. The van der Waals surface area contributed by atoms with Crippen molar-refractivity contribution in [3.8, 4) is 0 Å². The number of halogens is 1. The number of anilines is 1. The molecule has 1 aliphatic rings. The van der Waals surface area contributed by atoms with Crippen LogP contribution in [0.2, 0.25) is 0 Å². The first-order chi connectivity index (χ1) is 8.34. The average Bonchev–Trinajstić information content (AvgIpc) is 2.39. The van der Waals surface area contributed by atoms with Crippen LogP contribution >= 0.6 is 0 Å². The van der Waals surface area contributed by atoms with Crippen molar-refractivity contribution in [3.05, 3.63) is 65.2 Å². The summed E-state index contributed by atoms with van der Waals surface area (Å²) in [5, 5.41) is 1.64. The molecule has 1 heterocycles. The molecule has 0 amide bonds. The monoisotopic (exact) mass is 226 g/mol. The fourth-order valence-electron chi connectivity index (χ4n) is 1.90. The van der Waals surface area contributed by atoms with Gasteiger partial charge < -0.3 is 0 Å². The number of rotatable bonds is 1. The second-order valence-electron chi connectivity index (χ2n) is 3.87. The fourth-order valence-corrected chi connectivity index (χ4v) is 1.90. The number of hydrogen-bond donors (Lipinski definition) is 0. The summed E-state index contributed by atoms with van der Waals surface area (Å²) in [6.45, 7) is 0. The van der Waals surface area contributed by atoms with Crippen LogP contribution < -0.4 is 15.5 Å². The second-order valence-corrected chi connectivity index (χ2v) is 3.87. The van der Waals surface area contributed by atoms with Gasteiger partial charge in [0.15, 0.2) is 0 Å². The summed E-state index contributed by atoms with van der Waals surface area (Å²) >= 11 is 0. The topological polar surface area (TPSA) is 15.6 Å². The molecule has 0 unspecified atom stereocenters. The third-order valence-electron chi connectivity index (χ3n) is 2.74. The van der Waals surface area contributed by atoms with Crippen molar-refractivity contribution in [2.24, 2.45) is 4.99 Å². The molecule has 2 nitrogen and oxygen atoms in total. The Kier molecular flexibility index (Phi) is 2.37. The van der Waals surface area contributed by atoms with E-state index >= 15 is 0 Å². The number of nitrogens with zero attached hydrogens (tertiary/aromatic N) is 2. The van der Waals surface area contributed by atoms with E-state index in [-0.39, 0.29) is 0 Å². The molecule has 1 aliphatic heterocycles. The predicted octanol–water partition coefficient (Wildman–Crippen LogP) is 1.82. The lowest BCUT2D eigenvalue weighted by molar-refractivity contribution is 0.346. The second kappa shape index (κ2) is 4.01. The van der Waals surface area contributed by atoms with Gasteiger partial charge in [-0.1, -0.05) is 36.4 Å². The van der Waals surface area contributed by atoms with Crippen molar-refractivity contribution in [3.63, 3.8) is 0 Å². The first kappa shape index (κ1) is 10.0. The summed E-state index contributed by atoms with van der Waals surface area (Å²) in [5.74, 6) is 0. The standard InChI is InChI=1S/C14H11FN2/c15-14-16-13-9-5-4-6-11(13)10-17(14)12-7-2-1-3-8-12/h1-10,14H/t14-/m0/s1. The molecule has 0 spiro atoms. The van der Waals surface area contributed by atoms with Crippen LogP contribution in [0, 0.1) is 0 Å². The Bertz CT molecular complexity index is 637. The van der Waals surface area contributed by atoms with E-state index in [4.69, 9.17) is 0 Å². The minimum absolute atomic E-state index is 0.701. The van der Waals surface area contributed by atoms with Gasteiger partial charge in [0.1, 0.15) is 0 Å². The maximum atomic E-state index is 13.9. The zero-order valence-electron chi connectivity index (χ0n) is 9.12. The third-order valence-corrected chi connectivity index (χ3v) is 2.74. The van der Waals surface area contributed by atoms with Crippen molar-refractivity contribution in [1.82, 2.24) is 0 Å². The van der Waals surface area contributed by atoms with Crippen LogP contribution in [-0.4, -0.2) is 6.42 Å². The number of benzene rings is 2. The molecule has 0 bridgehead atoms. The van der Waals surface area contributed by atoms with E-state index in [1.54, 1.807) is 6.20 Å². The van der Waals surface area contributed by atoms with Gasteiger partial charge in [-0.15, -0.1) is 0 Å². The maximum Gasteiger partial charge on any atom is 0.271 e. The molecule has 0 N–H and O–H groups in total. The molecule has 2 aromatic rings. The highest BCUT2D eigenvalue weighted by Crippen LogP contribution is 2.18. The molecule has 0 radical (unpaired) electrons. The van der Waals surface area contributed by atoms with Crippen molar-refractivity contribution in [2.45, 2.75) is 6.42 Å². The number of para-hydroxylation sites is 2. The normalized spacial score (nSPS) is 17.9. The smallest absolute Gasteiger partial charge is 0.271 e. The van der Waals surface area contributed by atoms with Crippen LogP contribution in [0.4, 0.5) is 10.1 Å². The Hall–Kier alpha value is -2.16. The van der Waals surface area contributed by atoms with Crippen molar-refractivity contribution < 1.29 is 4.39 Å². The van der Waals surface area contributed by atoms with E-state index in [0.29, 0.717) is 5.36 Å². The van der Waals surface area contributed by atoms with Crippen LogP contribution in [0.1, 0.15) is 0 Å². The van der Waals surface area contributed by atoms with Gasteiger partial charge in [0, 0.05) is 17.1 Å². The summed E-state index contributed by atoms with van der Waals surface area (Å²) in [4.78, 5) is 5.56. The molecule has 3 heteroatoms. The predicted molar refractivity (Wildman–Crippen MR) is 65.5 cm³/mol. The number of fused-ring (bicyclic) bond motifs is 1. The Balaban J connectivity index is 2.14. The molecule has 3 rings (SSSR count). The highest BCUT2D eigenvalue weighted by molar-refractivity contribution is 5.59. The van der Waals surface area contributed by atoms with Gasteiger partial charge in [-0.05, 0) is 18.2 Å². The molecular formula is C14H11FN2. The zero-order chi connectivity index (χ0) is 11.7. The van der Waals surface area contributed by atoms with Crippen molar-refractivity contribution >= 4 is 11.9 Å². The fraction of sp³-hybridized carbons (Fsp3) is 0.0714. The molecule has 84 valence electrons. The van der Waals surface area contributed by atoms with Gasteiger partial charge in [-0.2, -0.15) is 4.39 Å². The van der Waals surface area contributed by atoms with Crippen LogP contribution in [0.15, 0.2) is 59.6 Å². The summed E-state index contributed by atoms with van der Waals surface area (Å²) < 4.78 is 13.9. The van der Waals surface area contributed by atoms with Crippen LogP contribution in [0.3, 0.4) is 0 Å². The van der Waals surface area contributed by atoms with Crippen molar-refractivity contribution in [1.29, 1.82) is 0 Å². The van der Waals surface area contributed by atoms with Gasteiger partial charge in [-0.25, -0.2) is 4.99 Å². The quantitative estimate of drug-likeness (QED) is 0.677. The Morgan fingerprint density at radius 3 is 2.47 bits per heavy atom. The zero-order valence-corrected chi connectivity index (χ0v) is 9.12. The molecule has 2 aromatic carbocycles. The number of hydrogen-bond acceptors (Lipinski definition) is 2. The lowest BCUT2D eigenvalue weighted by atomic mass is 10.2. The summed E-state index contributed by atoms with van der Waals surface area (Å²) in [6, 6.07) is 17.0. The van der Waals surface area contributed by atoms with Gasteiger partial charge in [0.2, 0.25) is 0 Å². The van der Waals surface area contributed by atoms with E-state index in [1.807, 2.05) is 54.6 Å². The highest BCUT2D eigenvalue weighted by Gasteiger charge is 2.16. The van der Waals surface area contributed by atoms with E-state index < -0.39 is 6.42 Å².